The minimum absolute atomic E-state index is 0.105. The molecule has 0 spiro atoms. The second-order valence-electron chi connectivity index (χ2n) is 5.99. The fourth-order valence-electron chi connectivity index (χ4n) is 2.90. The van der Waals surface area contributed by atoms with E-state index in [0.29, 0.717) is 11.4 Å². The van der Waals surface area contributed by atoms with Crippen molar-refractivity contribution in [1.29, 1.82) is 0 Å². The maximum atomic E-state index is 12.8. The molecule has 0 unspecified atom stereocenters. The van der Waals surface area contributed by atoms with Gasteiger partial charge in [0, 0.05) is 10.5 Å². The summed E-state index contributed by atoms with van der Waals surface area (Å²) in [6, 6.07) is 17.1. The van der Waals surface area contributed by atoms with Gasteiger partial charge in [0.2, 0.25) is 0 Å². The van der Waals surface area contributed by atoms with Gasteiger partial charge in [-0.15, -0.1) is 0 Å². The number of ether oxygens (including phenoxy) is 1. The van der Waals surface area contributed by atoms with Crippen LogP contribution in [0.25, 0.3) is 0 Å². The second kappa shape index (κ2) is 6.90. The highest BCUT2D eigenvalue weighted by molar-refractivity contribution is 9.10. The van der Waals surface area contributed by atoms with Crippen molar-refractivity contribution in [3.05, 3.63) is 92.4 Å². The number of hydrogen-bond acceptors (Lipinski definition) is 5. The molecule has 0 N–H and O–H groups in total. The van der Waals surface area contributed by atoms with Crippen LogP contribution in [0.4, 0.5) is 11.4 Å². The summed E-state index contributed by atoms with van der Waals surface area (Å²) in [6.07, 6.45) is 0. The molecule has 2 amide bonds. The topological polar surface area (TPSA) is 89.7 Å². The first-order valence-electron chi connectivity index (χ1n) is 8.15. The Morgan fingerprint density at radius 3 is 2.25 bits per heavy atom. The summed E-state index contributed by atoms with van der Waals surface area (Å²) in [5, 5.41) is 10.9. The van der Waals surface area contributed by atoms with E-state index in [-0.39, 0.29) is 22.6 Å². The van der Waals surface area contributed by atoms with Gasteiger partial charge in [0.1, 0.15) is 11.5 Å². The van der Waals surface area contributed by atoms with E-state index in [1.807, 2.05) is 0 Å². The van der Waals surface area contributed by atoms with Crippen molar-refractivity contribution in [2.24, 2.45) is 0 Å². The fourth-order valence-corrected chi connectivity index (χ4v) is 3.17. The number of carbonyl (C=O) groups is 2. The van der Waals surface area contributed by atoms with E-state index in [2.05, 4.69) is 15.9 Å². The Kier molecular flexibility index (Phi) is 4.40. The SMILES string of the molecule is O=C1c2ccc(Oc3cccc([N+](=O)[O-])c3)cc2C(=O)N1c1ccc(Br)cc1. The first-order chi connectivity index (χ1) is 13.4. The van der Waals surface area contributed by atoms with E-state index < -0.39 is 16.7 Å². The molecule has 0 radical (unpaired) electrons. The fraction of sp³-hybridized carbons (Fsp3) is 0. The number of fused-ring (bicyclic) bond motifs is 1. The van der Waals surface area contributed by atoms with Crippen LogP contribution in [0.5, 0.6) is 11.5 Å². The van der Waals surface area contributed by atoms with Crippen LogP contribution in [0, 0.1) is 10.1 Å². The monoisotopic (exact) mass is 438 g/mol. The predicted octanol–water partition coefficient (Wildman–Crippen LogP) is 4.95. The lowest BCUT2D eigenvalue weighted by Crippen LogP contribution is -2.29. The lowest BCUT2D eigenvalue weighted by molar-refractivity contribution is -0.384. The van der Waals surface area contributed by atoms with E-state index in [1.165, 1.54) is 30.3 Å². The average Bonchev–Trinajstić information content (AvgIpc) is 2.93. The number of amides is 2. The largest absolute Gasteiger partial charge is 0.457 e. The van der Waals surface area contributed by atoms with E-state index in [1.54, 1.807) is 36.4 Å². The Hall–Kier alpha value is -3.52. The molecule has 3 aromatic carbocycles. The number of hydrogen-bond donors (Lipinski definition) is 0. The number of halogens is 1. The summed E-state index contributed by atoms with van der Waals surface area (Å²) >= 11 is 3.32. The van der Waals surface area contributed by atoms with Crippen molar-refractivity contribution in [2.45, 2.75) is 0 Å². The number of nitro groups is 1. The molecule has 0 saturated heterocycles. The van der Waals surface area contributed by atoms with Crippen molar-refractivity contribution in [1.82, 2.24) is 0 Å². The van der Waals surface area contributed by atoms with Crippen LogP contribution in [0.2, 0.25) is 0 Å². The number of carbonyl (C=O) groups excluding carboxylic acids is 2. The number of nitro benzene ring substituents is 1. The van der Waals surface area contributed by atoms with Gasteiger partial charge in [0.05, 0.1) is 27.8 Å². The van der Waals surface area contributed by atoms with Crippen molar-refractivity contribution in [2.75, 3.05) is 4.90 Å². The van der Waals surface area contributed by atoms with Crippen LogP contribution in [0.15, 0.2) is 71.2 Å². The molecule has 3 aromatic rings. The van der Waals surface area contributed by atoms with Gasteiger partial charge < -0.3 is 4.74 Å². The molecule has 1 aliphatic rings. The van der Waals surface area contributed by atoms with E-state index in [9.17, 15) is 19.7 Å². The first-order valence-corrected chi connectivity index (χ1v) is 8.94. The molecule has 0 fully saturated rings. The standard InChI is InChI=1S/C20H11BrN2O5/c21-12-4-6-13(7-5-12)22-19(24)17-9-8-16(11-18(17)20(22)25)28-15-3-1-2-14(10-15)23(26)27/h1-11H. The van der Waals surface area contributed by atoms with Crippen molar-refractivity contribution >= 4 is 39.1 Å². The molecule has 7 nitrogen and oxygen atoms in total. The summed E-state index contributed by atoms with van der Waals surface area (Å²) in [4.78, 5) is 36.9. The zero-order valence-electron chi connectivity index (χ0n) is 14.2. The molecule has 0 saturated carbocycles. The molecule has 0 aromatic heterocycles. The van der Waals surface area contributed by atoms with Gasteiger partial charge >= 0.3 is 0 Å². The molecule has 0 atom stereocenters. The number of imide groups is 1. The third-order valence-corrected chi connectivity index (χ3v) is 4.74. The quantitative estimate of drug-likeness (QED) is 0.326. The lowest BCUT2D eigenvalue weighted by atomic mass is 10.1. The maximum Gasteiger partial charge on any atom is 0.273 e. The van der Waals surface area contributed by atoms with Crippen LogP contribution < -0.4 is 9.64 Å². The van der Waals surface area contributed by atoms with Gasteiger partial charge in [0.25, 0.3) is 17.5 Å². The zero-order valence-corrected chi connectivity index (χ0v) is 15.8. The van der Waals surface area contributed by atoms with Gasteiger partial charge in [-0.3, -0.25) is 19.7 Å². The van der Waals surface area contributed by atoms with E-state index >= 15 is 0 Å². The number of anilines is 1. The predicted molar refractivity (Wildman–Crippen MR) is 105 cm³/mol. The molecule has 1 aliphatic heterocycles. The van der Waals surface area contributed by atoms with Crippen molar-refractivity contribution in [3.63, 3.8) is 0 Å². The van der Waals surface area contributed by atoms with Gasteiger partial charge in [-0.1, -0.05) is 22.0 Å². The van der Waals surface area contributed by atoms with Gasteiger partial charge in [-0.05, 0) is 48.5 Å². The van der Waals surface area contributed by atoms with Gasteiger partial charge in [0.15, 0.2) is 0 Å². The van der Waals surface area contributed by atoms with E-state index in [4.69, 9.17) is 4.74 Å². The molecule has 4 rings (SSSR count). The summed E-state index contributed by atoms with van der Waals surface area (Å²) < 4.78 is 6.48. The lowest BCUT2D eigenvalue weighted by Gasteiger charge is -2.13. The third-order valence-electron chi connectivity index (χ3n) is 4.21. The molecule has 28 heavy (non-hydrogen) atoms. The Morgan fingerprint density at radius 1 is 0.857 bits per heavy atom. The van der Waals surface area contributed by atoms with Crippen LogP contribution in [-0.4, -0.2) is 16.7 Å². The van der Waals surface area contributed by atoms with E-state index in [0.717, 1.165) is 9.37 Å². The molecule has 0 aliphatic carbocycles. The number of non-ortho nitro benzene ring substituents is 1. The Balaban J connectivity index is 1.64. The highest BCUT2D eigenvalue weighted by atomic mass is 79.9. The summed E-state index contributed by atoms with van der Waals surface area (Å²) in [5.41, 5.74) is 0.858. The molecule has 8 heteroatoms. The van der Waals surface area contributed by atoms with Gasteiger partial charge in [-0.2, -0.15) is 0 Å². The Morgan fingerprint density at radius 2 is 1.54 bits per heavy atom. The van der Waals surface area contributed by atoms with Crippen LogP contribution >= 0.6 is 15.9 Å². The summed E-state index contributed by atoms with van der Waals surface area (Å²) in [7, 11) is 0. The Bertz CT molecular complexity index is 1130. The normalized spacial score (nSPS) is 12.8. The minimum atomic E-state index is -0.520. The molecule has 1 heterocycles. The molecular formula is C20H11BrN2O5. The van der Waals surface area contributed by atoms with Crippen LogP contribution in [0.1, 0.15) is 20.7 Å². The number of benzene rings is 3. The van der Waals surface area contributed by atoms with Crippen LogP contribution in [0.3, 0.4) is 0 Å². The van der Waals surface area contributed by atoms with Gasteiger partial charge in [-0.25, -0.2) is 4.90 Å². The first kappa shape index (κ1) is 17.9. The molecular weight excluding hydrogens is 428 g/mol. The van der Waals surface area contributed by atoms with Crippen molar-refractivity contribution in [3.8, 4) is 11.5 Å². The summed E-state index contributed by atoms with van der Waals surface area (Å²) in [5.74, 6) is -0.301. The van der Waals surface area contributed by atoms with Crippen LogP contribution in [-0.2, 0) is 0 Å². The minimum Gasteiger partial charge on any atom is -0.457 e. The average molecular weight is 439 g/mol. The highest BCUT2D eigenvalue weighted by Gasteiger charge is 2.37. The molecule has 0 bridgehead atoms. The third kappa shape index (κ3) is 3.14. The molecule has 138 valence electrons. The number of nitrogens with zero attached hydrogens (tertiary/aromatic N) is 2. The zero-order chi connectivity index (χ0) is 19.8. The van der Waals surface area contributed by atoms with Crippen molar-refractivity contribution < 1.29 is 19.2 Å². The number of rotatable bonds is 4. The smallest absolute Gasteiger partial charge is 0.273 e. The highest BCUT2D eigenvalue weighted by Crippen LogP contribution is 2.33. The summed E-state index contributed by atoms with van der Waals surface area (Å²) in [6.45, 7) is 0. The second-order valence-corrected chi connectivity index (χ2v) is 6.90. The maximum absolute atomic E-state index is 12.8. The Labute approximate surface area is 167 Å².